The molecule has 0 aliphatic carbocycles. The third-order valence-electron chi connectivity index (χ3n) is 3.82. The minimum Gasteiger partial charge on any atom is -0.320 e. The quantitative estimate of drug-likeness (QED) is 0.735. The highest BCUT2D eigenvalue weighted by molar-refractivity contribution is 9.10. The number of para-hydroxylation sites is 1. The molecule has 5 nitrogen and oxygen atoms in total. The Kier molecular flexibility index (Phi) is 4.49. The van der Waals surface area contributed by atoms with E-state index in [1.165, 1.54) is 0 Å². The van der Waals surface area contributed by atoms with E-state index in [0.717, 1.165) is 27.0 Å². The zero-order chi connectivity index (χ0) is 17.3. The molecule has 24 heavy (non-hydrogen) atoms. The molecule has 0 radical (unpaired) electrons. The van der Waals surface area contributed by atoms with Gasteiger partial charge in [-0.2, -0.15) is 0 Å². The Morgan fingerprint density at radius 2 is 1.88 bits per heavy atom. The largest absolute Gasteiger partial charge is 0.320 e. The van der Waals surface area contributed by atoms with Crippen molar-refractivity contribution in [1.29, 1.82) is 0 Å². The van der Waals surface area contributed by atoms with Crippen LogP contribution in [0.1, 0.15) is 27.3 Å². The van der Waals surface area contributed by atoms with Crippen LogP contribution in [-0.2, 0) is 0 Å². The molecule has 6 heteroatoms. The molecule has 0 aliphatic heterocycles. The van der Waals surface area contributed by atoms with Crippen LogP contribution in [0.2, 0.25) is 0 Å². The van der Waals surface area contributed by atoms with Crippen LogP contribution in [0.4, 0.5) is 5.69 Å². The molecular formula is C18H17BrN4O. The molecule has 1 aromatic heterocycles. The number of halogens is 1. The van der Waals surface area contributed by atoms with E-state index in [-0.39, 0.29) is 5.91 Å². The molecule has 3 aromatic rings. The van der Waals surface area contributed by atoms with Crippen molar-refractivity contribution in [1.82, 2.24) is 15.0 Å². The number of nitrogens with zero attached hydrogens (tertiary/aromatic N) is 3. The first-order chi connectivity index (χ1) is 11.5. The van der Waals surface area contributed by atoms with Gasteiger partial charge in [-0.15, -0.1) is 5.10 Å². The third-order valence-corrected chi connectivity index (χ3v) is 4.49. The molecule has 0 fully saturated rings. The summed E-state index contributed by atoms with van der Waals surface area (Å²) in [4.78, 5) is 12.6. The minimum absolute atomic E-state index is 0.266. The zero-order valence-electron chi connectivity index (χ0n) is 13.7. The van der Waals surface area contributed by atoms with E-state index in [9.17, 15) is 4.79 Å². The van der Waals surface area contributed by atoms with Crippen molar-refractivity contribution in [2.75, 3.05) is 5.32 Å². The molecule has 1 N–H and O–H groups in total. The van der Waals surface area contributed by atoms with Crippen LogP contribution >= 0.6 is 15.9 Å². The summed E-state index contributed by atoms with van der Waals surface area (Å²) in [5, 5.41) is 11.1. The van der Waals surface area contributed by atoms with Crippen molar-refractivity contribution in [2.45, 2.75) is 20.8 Å². The minimum atomic E-state index is -0.266. The van der Waals surface area contributed by atoms with Gasteiger partial charge in [-0.05, 0) is 60.5 Å². The first-order valence-electron chi connectivity index (χ1n) is 7.53. The highest BCUT2D eigenvalue weighted by Gasteiger charge is 2.19. The van der Waals surface area contributed by atoms with Gasteiger partial charge >= 0.3 is 0 Å². The number of carbonyl (C=O) groups is 1. The number of hydrogen-bond donors (Lipinski definition) is 1. The number of aryl methyl sites for hydroxylation is 2. The van der Waals surface area contributed by atoms with Gasteiger partial charge in [-0.1, -0.05) is 35.0 Å². The van der Waals surface area contributed by atoms with Crippen molar-refractivity contribution in [2.24, 2.45) is 0 Å². The molecule has 0 atom stereocenters. The lowest BCUT2D eigenvalue weighted by Gasteiger charge is -2.09. The summed E-state index contributed by atoms with van der Waals surface area (Å²) in [6.07, 6.45) is 0. The maximum absolute atomic E-state index is 12.6. The van der Waals surface area contributed by atoms with Gasteiger partial charge in [0.1, 0.15) is 0 Å². The van der Waals surface area contributed by atoms with Crippen LogP contribution < -0.4 is 5.32 Å². The van der Waals surface area contributed by atoms with Gasteiger partial charge in [0, 0.05) is 10.2 Å². The summed E-state index contributed by atoms with van der Waals surface area (Å²) in [6.45, 7) is 5.82. The lowest BCUT2D eigenvalue weighted by Crippen LogP contribution is -2.15. The Morgan fingerprint density at radius 3 is 2.58 bits per heavy atom. The van der Waals surface area contributed by atoms with Crippen molar-refractivity contribution < 1.29 is 4.79 Å². The second kappa shape index (κ2) is 6.57. The van der Waals surface area contributed by atoms with Crippen LogP contribution in [0.5, 0.6) is 0 Å². The standard InChI is InChI=1S/C18H17BrN4O/c1-11-8-9-15(12(2)10-11)20-18(24)17-13(3)23(22-21-17)16-7-5-4-6-14(16)19/h4-10H,1-3H3,(H,20,24). The van der Waals surface area contributed by atoms with Crippen molar-refractivity contribution in [3.05, 3.63) is 69.5 Å². The molecule has 0 saturated carbocycles. The highest BCUT2D eigenvalue weighted by Crippen LogP contribution is 2.22. The Hall–Kier alpha value is -2.47. The summed E-state index contributed by atoms with van der Waals surface area (Å²) in [6, 6.07) is 13.6. The van der Waals surface area contributed by atoms with Crippen LogP contribution in [0.15, 0.2) is 46.9 Å². The fourth-order valence-corrected chi connectivity index (χ4v) is 2.98. The highest BCUT2D eigenvalue weighted by atomic mass is 79.9. The molecule has 0 unspecified atom stereocenters. The van der Waals surface area contributed by atoms with Gasteiger partial charge in [0.15, 0.2) is 5.69 Å². The molecule has 0 spiro atoms. The van der Waals surface area contributed by atoms with E-state index in [2.05, 4.69) is 31.6 Å². The van der Waals surface area contributed by atoms with Crippen LogP contribution in [-0.4, -0.2) is 20.9 Å². The monoisotopic (exact) mass is 384 g/mol. The van der Waals surface area contributed by atoms with Gasteiger partial charge in [0.05, 0.1) is 11.4 Å². The smallest absolute Gasteiger partial charge is 0.278 e. The van der Waals surface area contributed by atoms with E-state index < -0.39 is 0 Å². The Labute approximate surface area is 148 Å². The van der Waals surface area contributed by atoms with E-state index in [4.69, 9.17) is 0 Å². The van der Waals surface area contributed by atoms with Crippen molar-refractivity contribution in [3.63, 3.8) is 0 Å². The molecular weight excluding hydrogens is 368 g/mol. The molecule has 2 aromatic carbocycles. The predicted molar refractivity (Wildman–Crippen MR) is 97.7 cm³/mol. The molecule has 0 aliphatic rings. The second-order valence-corrected chi connectivity index (χ2v) is 6.51. The number of amides is 1. The number of hydrogen-bond acceptors (Lipinski definition) is 3. The van der Waals surface area contributed by atoms with E-state index in [1.54, 1.807) is 4.68 Å². The average molecular weight is 385 g/mol. The van der Waals surface area contributed by atoms with Crippen LogP contribution in [0.3, 0.4) is 0 Å². The SMILES string of the molecule is Cc1ccc(NC(=O)c2nnn(-c3ccccc3Br)c2C)c(C)c1. The average Bonchev–Trinajstić information content (AvgIpc) is 2.92. The van der Waals surface area contributed by atoms with Crippen molar-refractivity contribution >= 4 is 27.5 Å². The Balaban J connectivity index is 1.91. The number of anilines is 1. The topological polar surface area (TPSA) is 59.8 Å². The summed E-state index contributed by atoms with van der Waals surface area (Å²) < 4.78 is 2.54. The zero-order valence-corrected chi connectivity index (χ0v) is 15.3. The normalized spacial score (nSPS) is 10.7. The number of benzene rings is 2. The molecule has 3 rings (SSSR count). The second-order valence-electron chi connectivity index (χ2n) is 5.66. The van der Waals surface area contributed by atoms with E-state index >= 15 is 0 Å². The molecule has 0 saturated heterocycles. The fraction of sp³-hybridized carbons (Fsp3) is 0.167. The van der Waals surface area contributed by atoms with Gasteiger partial charge in [0.2, 0.25) is 0 Å². The fourth-order valence-electron chi connectivity index (χ4n) is 2.53. The predicted octanol–water partition coefficient (Wildman–Crippen LogP) is 4.21. The third kappa shape index (κ3) is 3.10. The van der Waals surface area contributed by atoms with Crippen LogP contribution in [0.25, 0.3) is 5.69 Å². The van der Waals surface area contributed by atoms with Crippen molar-refractivity contribution in [3.8, 4) is 5.69 Å². The number of aromatic nitrogens is 3. The number of rotatable bonds is 3. The lowest BCUT2D eigenvalue weighted by molar-refractivity contribution is 0.102. The summed E-state index contributed by atoms with van der Waals surface area (Å²) >= 11 is 3.49. The van der Waals surface area contributed by atoms with Crippen LogP contribution in [0, 0.1) is 20.8 Å². The Bertz CT molecular complexity index is 917. The molecule has 1 heterocycles. The van der Waals surface area contributed by atoms with E-state index in [1.807, 2.05) is 63.2 Å². The first-order valence-corrected chi connectivity index (χ1v) is 8.32. The molecule has 0 bridgehead atoms. The summed E-state index contributed by atoms with van der Waals surface area (Å²) in [5.41, 5.74) is 4.78. The first kappa shape index (κ1) is 16.4. The molecule has 1 amide bonds. The van der Waals surface area contributed by atoms with Gasteiger partial charge < -0.3 is 5.32 Å². The number of carbonyl (C=O) groups excluding carboxylic acids is 1. The number of nitrogens with one attached hydrogen (secondary N) is 1. The maximum atomic E-state index is 12.6. The summed E-state index contributed by atoms with van der Waals surface area (Å²) in [5.74, 6) is -0.266. The Morgan fingerprint density at radius 1 is 1.12 bits per heavy atom. The molecule has 122 valence electrons. The van der Waals surface area contributed by atoms with Gasteiger partial charge in [-0.25, -0.2) is 4.68 Å². The van der Waals surface area contributed by atoms with Gasteiger partial charge in [-0.3, -0.25) is 4.79 Å². The van der Waals surface area contributed by atoms with E-state index in [0.29, 0.717) is 11.4 Å². The summed E-state index contributed by atoms with van der Waals surface area (Å²) in [7, 11) is 0. The lowest BCUT2D eigenvalue weighted by atomic mass is 10.1. The van der Waals surface area contributed by atoms with Gasteiger partial charge in [0.25, 0.3) is 5.91 Å². The maximum Gasteiger partial charge on any atom is 0.278 e.